The van der Waals surface area contributed by atoms with Crippen LogP contribution in [0, 0.1) is 5.41 Å². The minimum absolute atomic E-state index is 0.0842. The molecule has 7 aromatic carbocycles. The second-order valence-electron chi connectivity index (χ2n) is 22.4. The van der Waals surface area contributed by atoms with E-state index in [1.807, 2.05) is 5.56 Å². The number of benzene rings is 7. The molecular formula is C59H32O2. The van der Waals surface area contributed by atoms with E-state index in [0.29, 0.717) is 36.0 Å². The summed E-state index contributed by atoms with van der Waals surface area (Å²) in [6.07, 6.45) is 21.0. The van der Waals surface area contributed by atoms with Crippen LogP contribution in [0.2, 0.25) is 0 Å². The molecule has 61 heavy (non-hydrogen) atoms. The normalized spacial score (nSPS) is 37.3. The molecule has 0 saturated heterocycles. The van der Waals surface area contributed by atoms with Crippen LogP contribution in [-0.4, -0.2) is 13.1 Å². The van der Waals surface area contributed by atoms with Crippen LogP contribution in [0.5, 0.6) is 0 Å². The highest BCUT2D eigenvalue weighted by Crippen LogP contribution is 2.97. The number of methoxy groups -OCH3 is 1. The van der Waals surface area contributed by atoms with Crippen molar-refractivity contribution in [2.75, 3.05) is 7.11 Å². The van der Waals surface area contributed by atoms with Crippen LogP contribution < -0.4 is 0 Å². The first-order valence-electron chi connectivity index (χ1n) is 23.4. The number of carbonyl (C=O) groups excluding carboxylic acids is 1. The van der Waals surface area contributed by atoms with Crippen LogP contribution in [-0.2, 0) is 38.6 Å². The van der Waals surface area contributed by atoms with Crippen molar-refractivity contribution in [3.8, 4) is 11.1 Å². The summed E-state index contributed by atoms with van der Waals surface area (Å²) in [4.78, 5) is 13.1. The van der Waals surface area contributed by atoms with E-state index < -0.39 is 0 Å². The molecular weight excluding hydrogens is 741 g/mol. The second-order valence-corrected chi connectivity index (χ2v) is 22.4. The zero-order valence-electron chi connectivity index (χ0n) is 33.3. The summed E-state index contributed by atoms with van der Waals surface area (Å²) < 4.78 is 5.38. The summed E-state index contributed by atoms with van der Waals surface area (Å²) in [5, 5.41) is 16.7. The van der Waals surface area contributed by atoms with Crippen molar-refractivity contribution in [3.63, 3.8) is 0 Å². The fraction of sp³-hybridized carbons (Fsp3) is 0.271. The van der Waals surface area contributed by atoms with Gasteiger partial charge in [0.05, 0.1) is 7.11 Å². The standard InChI is InChI=1S/C59H32O2/c1-61-31(60)8-5-13-57(24-6-3-2-4-7-24)58-29-11-12-30-28-17-21-15-23-19-56-18-22-14-20-16-27-25-9-10-26(29)38-36(25)42-37(27)40-32(20)34(22)52(56)48-44(40)43-46(42)50(54(38)58)51-47(43)45-41(39(28)55(51)59(30,57)58)33(21)35(23)53(56)49(45)48/h2-4,6-7,9-12,16-19,25,30,34-35,52-53H,5,8,13-15H2,1H3. The van der Waals surface area contributed by atoms with Crippen molar-refractivity contribution < 1.29 is 9.53 Å². The molecule has 0 N–H and O–H groups in total. The lowest BCUT2D eigenvalue weighted by Crippen LogP contribution is -2.31. The Morgan fingerprint density at radius 3 is 2.15 bits per heavy atom. The Kier molecular flexibility index (Phi) is 3.29. The summed E-state index contributed by atoms with van der Waals surface area (Å²) in [5.74, 6) is 2.60. The van der Waals surface area contributed by atoms with Crippen molar-refractivity contribution in [2.24, 2.45) is 5.41 Å². The smallest absolute Gasteiger partial charge is 0.305 e. The molecule has 15 aliphatic carbocycles. The monoisotopic (exact) mass is 772 g/mol. The first-order chi connectivity index (χ1) is 30.1. The maximum absolute atomic E-state index is 13.1. The third-order valence-corrected chi connectivity index (χ3v) is 21.9. The lowest BCUT2D eigenvalue weighted by Gasteiger charge is -2.37. The van der Waals surface area contributed by atoms with Gasteiger partial charge in [-0.1, -0.05) is 90.1 Å². The fourth-order valence-corrected chi connectivity index (χ4v) is 21.6. The summed E-state index contributed by atoms with van der Waals surface area (Å²) in [6.45, 7) is 0. The molecule has 10 atom stereocenters. The number of rotatable bonds is 5. The van der Waals surface area contributed by atoms with E-state index in [4.69, 9.17) is 4.74 Å². The van der Waals surface area contributed by atoms with Crippen LogP contribution >= 0.6 is 0 Å². The van der Waals surface area contributed by atoms with E-state index in [-0.39, 0.29) is 33.5 Å². The van der Waals surface area contributed by atoms with Crippen molar-refractivity contribution in [1.29, 1.82) is 0 Å². The van der Waals surface area contributed by atoms with Crippen LogP contribution in [0.25, 0.3) is 70.6 Å². The van der Waals surface area contributed by atoms with Crippen LogP contribution in [0.15, 0.2) is 95.6 Å². The maximum Gasteiger partial charge on any atom is 0.305 e. The Labute approximate surface area is 348 Å². The Morgan fingerprint density at radius 2 is 1.38 bits per heavy atom. The van der Waals surface area contributed by atoms with Gasteiger partial charge < -0.3 is 4.74 Å². The molecule has 0 aromatic heterocycles. The molecule has 0 aliphatic heterocycles. The molecule has 7 aromatic rings. The van der Waals surface area contributed by atoms with Crippen LogP contribution in [0.3, 0.4) is 0 Å². The highest BCUT2D eigenvalue weighted by Gasteiger charge is 2.95. The molecule has 1 saturated carbocycles. The molecule has 0 amide bonds. The van der Waals surface area contributed by atoms with Gasteiger partial charge in [0.15, 0.2) is 0 Å². The number of hydrogen-bond acceptors (Lipinski definition) is 2. The summed E-state index contributed by atoms with van der Waals surface area (Å²) in [7, 11) is 1.56. The first kappa shape index (κ1) is 27.8. The SMILES string of the molecule is COC(=O)CCCC1(c2ccccc2)C23C4=C5C=CC6c7cc8c9c%10c7c7c6c5c2c2c7c5c6c-2c2c7c(cc%11c%12c7c6c6c(c%105)C5C9C(=CC57C=C(C%11)C%12C67)C8)C(C=C4)C213. The van der Waals surface area contributed by atoms with Crippen molar-refractivity contribution in [3.05, 3.63) is 168 Å². The van der Waals surface area contributed by atoms with Crippen molar-refractivity contribution in [1.82, 2.24) is 0 Å². The Morgan fingerprint density at radius 1 is 0.689 bits per heavy atom. The molecule has 10 unspecified atom stereocenters. The molecule has 0 bridgehead atoms. The average molecular weight is 773 g/mol. The van der Waals surface area contributed by atoms with Gasteiger partial charge in [-0.15, -0.1) is 0 Å². The predicted molar refractivity (Wildman–Crippen MR) is 237 cm³/mol. The fourth-order valence-electron chi connectivity index (χ4n) is 21.6. The van der Waals surface area contributed by atoms with Crippen LogP contribution in [0.1, 0.15) is 127 Å². The largest absolute Gasteiger partial charge is 0.469 e. The third kappa shape index (κ3) is 1.89. The Hall–Kier alpha value is -5.99. The van der Waals surface area contributed by atoms with Gasteiger partial charge in [-0.3, -0.25) is 4.79 Å². The van der Waals surface area contributed by atoms with E-state index in [1.54, 1.807) is 150 Å². The van der Waals surface area contributed by atoms with Gasteiger partial charge in [0.1, 0.15) is 0 Å². The van der Waals surface area contributed by atoms with Crippen molar-refractivity contribution in [2.45, 2.75) is 83.9 Å². The first-order valence-corrected chi connectivity index (χ1v) is 23.4. The summed E-state index contributed by atoms with van der Waals surface area (Å²) >= 11 is 0. The van der Waals surface area contributed by atoms with Gasteiger partial charge in [-0.05, 0) is 174 Å². The summed E-state index contributed by atoms with van der Waals surface area (Å²) in [5.41, 5.74) is 31.2. The quantitative estimate of drug-likeness (QED) is 0.0989. The molecule has 0 radical (unpaired) electrons. The van der Waals surface area contributed by atoms with Gasteiger partial charge in [0.2, 0.25) is 0 Å². The number of allylic oxidation sites excluding steroid dienone is 10. The second kappa shape index (κ2) is 7.22. The number of esters is 1. The lowest BCUT2D eigenvalue weighted by atomic mass is 9.64. The molecule has 2 nitrogen and oxygen atoms in total. The van der Waals surface area contributed by atoms with Gasteiger partial charge >= 0.3 is 5.97 Å². The highest BCUT2D eigenvalue weighted by atomic mass is 16.5. The zero-order valence-corrected chi connectivity index (χ0v) is 33.3. The van der Waals surface area contributed by atoms with E-state index in [9.17, 15) is 4.79 Å². The highest BCUT2D eigenvalue weighted by molar-refractivity contribution is 6.48. The van der Waals surface area contributed by atoms with Crippen LogP contribution in [0.4, 0.5) is 0 Å². The van der Waals surface area contributed by atoms with E-state index >= 15 is 0 Å². The predicted octanol–water partition coefficient (Wildman–Crippen LogP) is 12.0. The maximum atomic E-state index is 13.1. The number of ether oxygens (including phenoxy) is 1. The topological polar surface area (TPSA) is 26.3 Å². The van der Waals surface area contributed by atoms with Gasteiger partial charge in [-0.25, -0.2) is 0 Å². The minimum atomic E-state index is -0.219. The Bertz CT molecular complexity index is 4120. The number of fused-ring (bicyclic) bond motifs is 2. The molecule has 22 rings (SSSR count). The molecule has 1 fully saturated rings. The number of carbonyl (C=O) groups is 1. The molecule has 0 heterocycles. The molecule has 3 spiro atoms. The zero-order chi connectivity index (χ0) is 38.2. The molecule has 15 aliphatic rings. The molecule has 280 valence electrons. The third-order valence-electron chi connectivity index (χ3n) is 21.9. The Balaban J connectivity index is 1.08. The van der Waals surface area contributed by atoms with Gasteiger partial charge in [0, 0.05) is 63.6 Å². The lowest BCUT2D eigenvalue weighted by molar-refractivity contribution is -0.140. The van der Waals surface area contributed by atoms with E-state index in [2.05, 4.69) is 78.9 Å². The van der Waals surface area contributed by atoms with E-state index in [1.165, 1.54) is 11.1 Å². The number of hydrogen-bond donors (Lipinski definition) is 0. The van der Waals surface area contributed by atoms with Gasteiger partial charge in [0.25, 0.3) is 0 Å². The van der Waals surface area contributed by atoms with E-state index in [0.717, 1.165) is 25.7 Å². The summed E-state index contributed by atoms with van der Waals surface area (Å²) in [6, 6.07) is 17.4. The molecule has 2 heteroatoms. The van der Waals surface area contributed by atoms with Gasteiger partial charge in [-0.2, -0.15) is 0 Å². The minimum Gasteiger partial charge on any atom is -0.469 e. The average Bonchev–Trinajstić information content (AvgIpc) is 4.09. The van der Waals surface area contributed by atoms with Crippen molar-refractivity contribution >= 4 is 65.4 Å².